The second kappa shape index (κ2) is 5.44. The molecular weight excluding hydrogens is 238 g/mol. The summed E-state index contributed by atoms with van der Waals surface area (Å²) < 4.78 is 26.5. The smallest absolute Gasteiger partial charge is 0.167 e. The van der Waals surface area contributed by atoms with Crippen LogP contribution in [0.4, 0.5) is 14.5 Å². The minimum absolute atomic E-state index is 0.175. The monoisotopic (exact) mass is 250 g/mol. The molecular formula is C13H12F2N2O. The van der Waals surface area contributed by atoms with E-state index >= 15 is 0 Å². The molecule has 0 saturated carbocycles. The van der Waals surface area contributed by atoms with Gasteiger partial charge in [-0.15, -0.1) is 0 Å². The molecule has 0 unspecified atom stereocenters. The number of rotatable bonds is 4. The molecule has 2 rings (SSSR count). The van der Waals surface area contributed by atoms with E-state index in [9.17, 15) is 13.9 Å². The summed E-state index contributed by atoms with van der Waals surface area (Å²) in [7, 11) is 0. The first-order valence-electron chi connectivity index (χ1n) is 5.47. The summed E-state index contributed by atoms with van der Waals surface area (Å²) in [6.07, 6.45) is 2.47. The fourth-order valence-corrected chi connectivity index (χ4v) is 1.62. The highest BCUT2D eigenvalue weighted by Gasteiger charge is 2.07. The molecule has 5 heteroatoms. The maximum absolute atomic E-state index is 13.2. The van der Waals surface area contributed by atoms with Crippen LogP contribution in [0.5, 0.6) is 5.75 Å². The van der Waals surface area contributed by atoms with Crippen molar-refractivity contribution in [2.24, 2.45) is 0 Å². The molecule has 94 valence electrons. The minimum atomic E-state index is -0.717. The van der Waals surface area contributed by atoms with Crippen LogP contribution in [0.2, 0.25) is 0 Å². The Morgan fingerprint density at radius 1 is 1.17 bits per heavy atom. The summed E-state index contributed by atoms with van der Waals surface area (Å²) in [5, 5.41) is 11.9. The first kappa shape index (κ1) is 12.3. The summed E-state index contributed by atoms with van der Waals surface area (Å²) >= 11 is 0. The molecule has 0 radical (unpaired) electrons. The van der Waals surface area contributed by atoms with E-state index in [1.54, 1.807) is 18.2 Å². The van der Waals surface area contributed by atoms with E-state index in [0.29, 0.717) is 13.0 Å². The quantitative estimate of drug-likeness (QED) is 0.877. The van der Waals surface area contributed by atoms with Crippen LogP contribution in [0.3, 0.4) is 0 Å². The number of phenols is 1. The number of anilines is 1. The van der Waals surface area contributed by atoms with Gasteiger partial charge < -0.3 is 10.4 Å². The molecule has 0 atom stereocenters. The van der Waals surface area contributed by atoms with Crippen molar-refractivity contribution >= 4 is 5.69 Å². The molecule has 1 aromatic carbocycles. The van der Waals surface area contributed by atoms with E-state index in [4.69, 9.17) is 0 Å². The Morgan fingerprint density at radius 3 is 2.56 bits per heavy atom. The van der Waals surface area contributed by atoms with Gasteiger partial charge in [0.25, 0.3) is 0 Å². The van der Waals surface area contributed by atoms with Crippen molar-refractivity contribution in [2.75, 3.05) is 11.9 Å². The largest absolute Gasteiger partial charge is 0.508 e. The van der Waals surface area contributed by atoms with E-state index in [1.807, 2.05) is 6.07 Å². The second-order valence-electron chi connectivity index (χ2n) is 3.82. The molecule has 0 fully saturated rings. The number of hydrogen-bond donors (Lipinski definition) is 2. The molecule has 0 bridgehead atoms. The lowest BCUT2D eigenvalue weighted by Gasteiger charge is -2.08. The third-order valence-corrected chi connectivity index (χ3v) is 2.48. The lowest BCUT2D eigenvalue weighted by Crippen LogP contribution is -2.08. The zero-order valence-corrected chi connectivity index (χ0v) is 9.53. The van der Waals surface area contributed by atoms with Crippen molar-refractivity contribution in [3.8, 4) is 5.75 Å². The van der Waals surface area contributed by atoms with Gasteiger partial charge in [-0.25, -0.2) is 8.78 Å². The van der Waals surface area contributed by atoms with E-state index in [0.717, 1.165) is 18.0 Å². The summed E-state index contributed by atoms with van der Waals surface area (Å²) in [6, 6.07) is 6.74. The fourth-order valence-electron chi connectivity index (χ4n) is 1.62. The van der Waals surface area contributed by atoms with Crippen LogP contribution in [-0.2, 0) is 6.42 Å². The Balaban J connectivity index is 1.97. The third kappa shape index (κ3) is 2.94. The van der Waals surface area contributed by atoms with E-state index in [1.165, 1.54) is 0 Å². The first-order chi connectivity index (χ1) is 8.66. The molecule has 18 heavy (non-hydrogen) atoms. The summed E-state index contributed by atoms with van der Waals surface area (Å²) in [4.78, 5) is 3.40. The number of nitrogens with zero attached hydrogens (tertiary/aromatic N) is 1. The highest BCUT2D eigenvalue weighted by molar-refractivity contribution is 5.44. The van der Waals surface area contributed by atoms with Crippen molar-refractivity contribution < 1.29 is 13.9 Å². The normalized spacial score (nSPS) is 10.3. The molecule has 0 aliphatic rings. The average Bonchev–Trinajstić information content (AvgIpc) is 2.33. The third-order valence-electron chi connectivity index (χ3n) is 2.48. The van der Waals surface area contributed by atoms with Gasteiger partial charge in [0.1, 0.15) is 11.4 Å². The van der Waals surface area contributed by atoms with Crippen LogP contribution in [0.15, 0.2) is 36.7 Å². The van der Waals surface area contributed by atoms with Crippen LogP contribution < -0.4 is 5.32 Å². The zero-order valence-electron chi connectivity index (χ0n) is 9.53. The van der Waals surface area contributed by atoms with Crippen molar-refractivity contribution in [3.63, 3.8) is 0 Å². The molecule has 0 aliphatic carbocycles. The molecule has 0 amide bonds. The Kier molecular flexibility index (Phi) is 3.72. The number of nitrogens with one attached hydrogen (secondary N) is 1. The SMILES string of the molecule is Oc1cccc(CCNc2c(F)cncc2F)c1. The first-order valence-corrected chi connectivity index (χ1v) is 5.47. The predicted molar refractivity (Wildman–Crippen MR) is 64.5 cm³/mol. The van der Waals surface area contributed by atoms with Crippen LogP contribution >= 0.6 is 0 Å². The number of pyridine rings is 1. The van der Waals surface area contributed by atoms with Gasteiger partial charge in [0.05, 0.1) is 12.4 Å². The number of aromatic hydroxyl groups is 1. The van der Waals surface area contributed by atoms with Gasteiger partial charge >= 0.3 is 0 Å². The van der Waals surface area contributed by atoms with Crippen molar-refractivity contribution in [2.45, 2.75) is 6.42 Å². The summed E-state index contributed by atoms with van der Waals surface area (Å²) in [5.41, 5.74) is 0.711. The van der Waals surface area contributed by atoms with Crippen LogP contribution in [0.25, 0.3) is 0 Å². The number of halogens is 2. The summed E-state index contributed by atoms with van der Waals surface area (Å²) in [5.74, 6) is -1.26. The molecule has 1 aromatic heterocycles. The molecule has 0 aliphatic heterocycles. The molecule has 0 spiro atoms. The highest BCUT2D eigenvalue weighted by Crippen LogP contribution is 2.17. The number of aromatic nitrogens is 1. The fraction of sp³-hybridized carbons (Fsp3) is 0.154. The predicted octanol–water partition coefficient (Wildman–Crippen LogP) is 2.72. The van der Waals surface area contributed by atoms with Crippen LogP contribution in [0, 0.1) is 11.6 Å². The Hall–Kier alpha value is -2.17. The summed E-state index contributed by atoms with van der Waals surface area (Å²) in [6.45, 7) is 0.362. The minimum Gasteiger partial charge on any atom is -0.508 e. The van der Waals surface area contributed by atoms with E-state index in [2.05, 4.69) is 10.3 Å². The lowest BCUT2D eigenvalue weighted by molar-refractivity contribution is 0.474. The number of hydrogen-bond acceptors (Lipinski definition) is 3. The Morgan fingerprint density at radius 2 is 1.89 bits per heavy atom. The number of benzene rings is 1. The Labute approximate surface area is 103 Å². The molecule has 1 heterocycles. The van der Waals surface area contributed by atoms with Crippen LogP contribution in [0.1, 0.15) is 5.56 Å². The molecule has 2 N–H and O–H groups in total. The van der Waals surface area contributed by atoms with Crippen LogP contribution in [-0.4, -0.2) is 16.6 Å². The van der Waals surface area contributed by atoms with Gasteiger partial charge in [-0.05, 0) is 24.1 Å². The van der Waals surface area contributed by atoms with Gasteiger partial charge in [0.2, 0.25) is 0 Å². The maximum atomic E-state index is 13.2. The van der Waals surface area contributed by atoms with E-state index < -0.39 is 11.6 Å². The van der Waals surface area contributed by atoms with Gasteiger partial charge in [-0.1, -0.05) is 12.1 Å². The molecule has 0 saturated heterocycles. The topological polar surface area (TPSA) is 45.1 Å². The average molecular weight is 250 g/mol. The van der Waals surface area contributed by atoms with Crippen molar-refractivity contribution in [3.05, 3.63) is 53.9 Å². The highest BCUT2D eigenvalue weighted by atomic mass is 19.1. The van der Waals surface area contributed by atoms with E-state index in [-0.39, 0.29) is 11.4 Å². The van der Waals surface area contributed by atoms with Crippen molar-refractivity contribution in [1.82, 2.24) is 4.98 Å². The van der Waals surface area contributed by atoms with Gasteiger partial charge in [0.15, 0.2) is 11.6 Å². The van der Waals surface area contributed by atoms with Gasteiger partial charge in [0, 0.05) is 6.54 Å². The Bertz CT molecular complexity index is 526. The standard InChI is InChI=1S/C13H12F2N2O/c14-11-7-16-8-12(15)13(11)17-5-4-9-2-1-3-10(18)6-9/h1-3,6-8,18H,4-5H2,(H,16,17). The number of phenolic OH excluding ortho intramolecular Hbond substituents is 1. The molecule has 2 aromatic rings. The van der Waals surface area contributed by atoms with Gasteiger partial charge in [-0.3, -0.25) is 4.98 Å². The van der Waals surface area contributed by atoms with Gasteiger partial charge in [-0.2, -0.15) is 0 Å². The molecule has 3 nitrogen and oxygen atoms in total. The zero-order chi connectivity index (χ0) is 13.0. The second-order valence-corrected chi connectivity index (χ2v) is 3.82. The van der Waals surface area contributed by atoms with Crippen molar-refractivity contribution in [1.29, 1.82) is 0 Å². The maximum Gasteiger partial charge on any atom is 0.167 e. The lowest BCUT2D eigenvalue weighted by atomic mass is 10.1.